The number of anilines is 2. The van der Waals surface area contributed by atoms with Gasteiger partial charge in [0.2, 0.25) is 5.96 Å². The van der Waals surface area contributed by atoms with E-state index in [1.165, 1.54) is 0 Å². The molecule has 1 aromatic heterocycles. The monoisotopic (exact) mass is 679 g/mol. The van der Waals surface area contributed by atoms with Crippen molar-refractivity contribution in [1.82, 2.24) is 15.6 Å². The number of benzene rings is 3. The Hall–Kier alpha value is -3.37. The zero-order valence-corrected chi connectivity index (χ0v) is 28.1. The van der Waals surface area contributed by atoms with E-state index in [2.05, 4.69) is 25.9 Å². The van der Waals surface area contributed by atoms with Gasteiger partial charge in [-0.25, -0.2) is 9.59 Å². The number of aromatic nitrogens is 1. The number of aliphatic imine (C=N–C) groups is 1. The van der Waals surface area contributed by atoms with E-state index >= 15 is 0 Å². The Labute approximate surface area is 275 Å². The SMILES string of the molecule is CC(C)(C)OC(=O)/N=C(\NCCc1cc(Nc2ccc(Cl)c(Cl)c2)cc2c1[nH]c1cc(Cl)c(Cl)cc12)NC(=O)OC(C)(C)C. The lowest BCUT2D eigenvalue weighted by atomic mass is 10.0. The Kier molecular flexibility index (Phi) is 10.1. The van der Waals surface area contributed by atoms with Gasteiger partial charge in [0.05, 0.1) is 20.1 Å². The van der Waals surface area contributed by atoms with Gasteiger partial charge in [0.25, 0.3) is 0 Å². The van der Waals surface area contributed by atoms with Crippen molar-refractivity contribution in [3.63, 3.8) is 0 Å². The maximum Gasteiger partial charge on any atom is 0.437 e. The lowest BCUT2D eigenvalue weighted by molar-refractivity contribution is 0.0560. The first-order valence-corrected chi connectivity index (χ1v) is 15.2. The fourth-order valence-electron chi connectivity index (χ4n) is 4.28. The first-order chi connectivity index (χ1) is 20.5. The third-order valence-electron chi connectivity index (χ3n) is 5.94. The van der Waals surface area contributed by atoms with Crippen molar-refractivity contribution in [3.05, 3.63) is 68.1 Å². The molecule has 0 aliphatic rings. The number of ether oxygens (including phenoxy) is 2. The fourth-order valence-corrected chi connectivity index (χ4v) is 4.91. The van der Waals surface area contributed by atoms with Gasteiger partial charge in [0.15, 0.2) is 0 Å². The van der Waals surface area contributed by atoms with Gasteiger partial charge in [-0.2, -0.15) is 0 Å². The molecule has 0 unspecified atom stereocenters. The molecule has 44 heavy (non-hydrogen) atoms. The predicted octanol–water partition coefficient (Wildman–Crippen LogP) is 9.63. The number of carbonyl (C=O) groups is 2. The largest absolute Gasteiger partial charge is 0.444 e. The van der Waals surface area contributed by atoms with Gasteiger partial charge >= 0.3 is 12.2 Å². The highest BCUT2D eigenvalue weighted by Gasteiger charge is 2.21. The minimum absolute atomic E-state index is 0.106. The van der Waals surface area contributed by atoms with Crippen LogP contribution in [0.5, 0.6) is 0 Å². The van der Waals surface area contributed by atoms with Crippen LogP contribution >= 0.6 is 46.4 Å². The number of alkyl carbamates (subject to hydrolysis) is 1. The molecule has 0 saturated heterocycles. The second kappa shape index (κ2) is 13.3. The zero-order chi connectivity index (χ0) is 32.4. The molecule has 0 fully saturated rings. The van der Waals surface area contributed by atoms with E-state index in [0.29, 0.717) is 26.5 Å². The first-order valence-electron chi connectivity index (χ1n) is 13.7. The fraction of sp³-hybridized carbons (Fsp3) is 0.323. The Morgan fingerprint density at radius 2 is 1.45 bits per heavy atom. The summed E-state index contributed by atoms with van der Waals surface area (Å²) in [4.78, 5) is 32.3. The summed E-state index contributed by atoms with van der Waals surface area (Å²) in [7, 11) is 0. The van der Waals surface area contributed by atoms with Crippen LogP contribution in [0.1, 0.15) is 47.1 Å². The summed E-state index contributed by atoms with van der Waals surface area (Å²) in [5, 5.41) is 12.5. The molecule has 0 radical (unpaired) electrons. The van der Waals surface area contributed by atoms with Crippen molar-refractivity contribution in [1.29, 1.82) is 0 Å². The predicted molar refractivity (Wildman–Crippen MR) is 180 cm³/mol. The Morgan fingerprint density at radius 1 is 0.795 bits per heavy atom. The van der Waals surface area contributed by atoms with Crippen LogP contribution in [-0.4, -0.2) is 40.9 Å². The average molecular weight is 681 g/mol. The van der Waals surface area contributed by atoms with Gasteiger partial charge in [0, 0.05) is 39.7 Å². The van der Waals surface area contributed by atoms with Crippen LogP contribution in [0, 0.1) is 0 Å². The van der Waals surface area contributed by atoms with E-state index in [0.717, 1.165) is 38.7 Å². The number of amides is 2. The molecule has 4 rings (SSSR count). The molecule has 9 nitrogen and oxygen atoms in total. The van der Waals surface area contributed by atoms with E-state index in [4.69, 9.17) is 55.9 Å². The summed E-state index contributed by atoms with van der Waals surface area (Å²) in [5.74, 6) is -0.106. The molecule has 0 aliphatic carbocycles. The number of H-pyrrole nitrogens is 1. The lowest BCUT2D eigenvalue weighted by Gasteiger charge is -2.21. The number of rotatable bonds is 5. The van der Waals surface area contributed by atoms with Gasteiger partial charge in [-0.3, -0.25) is 5.32 Å². The summed E-state index contributed by atoms with van der Waals surface area (Å²) in [5.41, 5.74) is 2.60. The van der Waals surface area contributed by atoms with Crippen molar-refractivity contribution < 1.29 is 19.1 Å². The van der Waals surface area contributed by atoms with Crippen LogP contribution in [0.4, 0.5) is 21.0 Å². The zero-order valence-electron chi connectivity index (χ0n) is 25.0. The summed E-state index contributed by atoms with van der Waals surface area (Å²) < 4.78 is 10.6. The second-order valence-corrected chi connectivity index (χ2v) is 13.6. The van der Waals surface area contributed by atoms with Gasteiger partial charge < -0.3 is 25.1 Å². The number of guanidine groups is 1. The lowest BCUT2D eigenvalue weighted by Crippen LogP contribution is -2.44. The van der Waals surface area contributed by atoms with Crippen LogP contribution in [0.15, 0.2) is 47.5 Å². The number of fused-ring (bicyclic) bond motifs is 3. The average Bonchev–Trinajstić information content (AvgIpc) is 3.21. The molecule has 13 heteroatoms. The molecule has 0 spiro atoms. The molecular weight excluding hydrogens is 648 g/mol. The van der Waals surface area contributed by atoms with Crippen molar-refractivity contribution >= 4 is 97.7 Å². The van der Waals surface area contributed by atoms with Gasteiger partial charge in [-0.05, 0) is 96.0 Å². The number of nitrogens with one attached hydrogen (secondary N) is 4. The Morgan fingerprint density at radius 3 is 2.11 bits per heavy atom. The standard InChI is InChI=1S/C31H33Cl4N5O4/c1-30(2,3)43-28(41)39-27(40-29(42)44-31(4,5)6)36-10-9-16-11-18(37-17-7-8-21(32)22(33)13-17)12-20-19-14-23(34)24(35)15-25(19)38-26(16)20/h7-8,11-15,37-38H,9-10H2,1-6H3,(H2,36,39,40,41,42). The summed E-state index contributed by atoms with van der Waals surface area (Å²) >= 11 is 25.0. The summed E-state index contributed by atoms with van der Waals surface area (Å²) in [6.45, 7) is 10.6. The van der Waals surface area contributed by atoms with E-state index in [1.807, 2.05) is 24.3 Å². The van der Waals surface area contributed by atoms with E-state index in [9.17, 15) is 9.59 Å². The summed E-state index contributed by atoms with van der Waals surface area (Å²) in [6, 6.07) is 12.9. The second-order valence-electron chi connectivity index (χ2n) is 12.0. The molecule has 1 heterocycles. The molecule has 2 amide bonds. The number of halogens is 4. The quantitative estimate of drug-likeness (QED) is 0.123. The van der Waals surface area contributed by atoms with Gasteiger partial charge in [0.1, 0.15) is 11.2 Å². The van der Waals surface area contributed by atoms with E-state index in [1.54, 1.807) is 59.7 Å². The molecule has 234 valence electrons. The minimum atomic E-state index is -0.865. The highest BCUT2D eigenvalue weighted by molar-refractivity contribution is 6.43. The topological polar surface area (TPSA) is 117 Å². The minimum Gasteiger partial charge on any atom is -0.444 e. The normalized spacial score (nSPS) is 12.4. The highest BCUT2D eigenvalue weighted by atomic mass is 35.5. The van der Waals surface area contributed by atoms with Crippen LogP contribution < -0.4 is 16.0 Å². The third-order valence-corrected chi connectivity index (χ3v) is 7.40. The van der Waals surface area contributed by atoms with E-state index in [-0.39, 0.29) is 12.5 Å². The molecule has 0 saturated carbocycles. The van der Waals surface area contributed by atoms with Crippen molar-refractivity contribution in [2.45, 2.75) is 59.2 Å². The Bertz CT molecular complexity index is 1760. The highest BCUT2D eigenvalue weighted by Crippen LogP contribution is 2.36. The van der Waals surface area contributed by atoms with E-state index < -0.39 is 23.4 Å². The molecule has 0 atom stereocenters. The maximum absolute atomic E-state index is 12.5. The van der Waals surface area contributed by atoms with Crippen LogP contribution in [-0.2, 0) is 15.9 Å². The van der Waals surface area contributed by atoms with Crippen molar-refractivity contribution in [3.8, 4) is 0 Å². The van der Waals surface area contributed by atoms with Gasteiger partial charge in [-0.1, -0.05) is 46.4 Å². The molecule has 3 aromatic carbocycles. The van der Waals surface area contributed by atoms with Gasteiger partial charge in [-0.15, -0.1) is 4.99 Å². The van der Waals surface area contributed by atoms with Crippen molar-refractivity contribution in [2.75, 3.05) is 11.9 Å². The number of hydrogen-bond donors (Lipinski definition) is 4. The van der Waals surface area contributed by atoms with Crippen LogP contribution in [0.25, 0.3) is 21.8 Å². The van der Waals surface area contributed by atoms with Crippen LogP contribution in [0.2, 0.25) is 20.1 Å². The summed E-state index contributed by atoms with van der Waals surface area (Å²) in [6.07, 6.45) is -1.19. The molecule has 4 aromatic rings. The maximum atomic E-state index is 12.5. The molecule has 0 bridgehead atoms. The molecule has 4 N–H and O–H groups in total. The number of nitrogens with zero attached hydrogens (tertiary/aromatic N) is 1. The number of aromatic amines is 1. The smallest absolute Gasteiger partial charge is 0.437 e. The first kappa shape index (κ1) is 33.5. The molecule has 0 aliphatic heterocycles. The van der Waals surface area contributed by atoms with Crippen LogP contribution in [0.3, 0.4) is 0 Å². The number of carbonyl (C=O) groups excluding carboxylic acids is 2. The Balaban J connectivity index is 1.66. The molecular formula is C31H33Cl4N5O4. The third kappa shape index (κ3) is 9.08. The number of hydrogen-bond acceptors (Lipinski definition) is 5. The van der Waals surface area contributed by atoms with Crippen molar-refractivity contribution in [2.24, 2.45) is 4.99 Å².